The van der Waals surface area contributed by atoms with Crippen molar-refractivity contribution < 1.29 is 4.74 Å². The smallest absolute Gasteiger partial charge is 0.222 e. The topological polar surface area (TPSA) is 64.3 Å². The molecule has 1 aromatic heterocycles. The molecular formula is C10H18N4O. The molecule has 0 spiro atoms. The third kappa shape index (κ3) is 3.36. The largest absolute Gasteiger partial charge is 0.383 e. The molecule has 0 aliphatic rings. The number of rotatable bonds is 5. The summed E-state index contributed by atoms with van der Waals surface area (Å²) in [5.41, 5.74) is 6.48. The first-order valence-corrected chi connectivity index (χ1v) is 5.02. The molecule has 15 heavy (non-hydrogen) atoms. The zero-order valence-electron chi connectivity index (χ0n) is 9.53. The van der Waals surface area contributed by atoms with Crippen molar-refractivity contribution in [2.24, 2.45) is 0 Å². The lowest BCUT2D eigenvalue weighted by molar-refractivity contribution is 0.205. The predicted octanol–water partition coefficient (Wildman–Crippen LogP) is 0.840. The van der Waals surface area contributed by atoms with Crippen LogP contribution in [0.15, 0.2) is 6.07 Å². The lowest BCUT2D eigenvalue weighted by Crippen LogP contribution is -2.28. The molecule has 0 bridgehead atoms. The van der Waals surface area contributed by atoms with E-state index in [9.17, 15) is 0 Å². The Hall–Kier alpha value is -1.36. The monoisotopic (exact) mass is 210 g/mol. The zero-order valence-corrected chi connectivity index (χ0v) is 9.53. The van der Waals surface area contributed by atoms with Gasteiger partial charge in [0.05, 0.1) is 6.61 Å². The summed E-state index contributed by atoms with van der Waals surface area (Å²) in [7, 11) is 1.69. The fourth-order valence-electron chi connectivity index (χ4n) is 1.37. The Labute approximate surface area is 90.3 Å². The van der Waals surface area contributed by atoms with Crippen molar-refractivity contribution in [2.45, 2.75) is 13.8 Å². The molecule has 0 aromatic carbocycles. The van der Waals surface area contributed by atoms with Crippen LogP contribution in [-0.2, 0) is 4.74 Å². The highest BCUT2D eigenvalue weighted by molar-refractivity contribution is 5.43. The van der Waals surface area contributed by atoms with Crippen molar-refractivity contribution >= 4 is 11.8 Å². The van der Waals surface area contributed by atoms with E-state index in [1.165, 1.54) is 0 Å². The fraction of sp³-hybridized carbons (Fsp3) is 0.600. The van der Waals surface area contributed by atoms with Crippen LogP contribution in [-0.4, -0.2) is 36.8 Å². The molecule has 5 nitrogen and oxygen atoms in total. The maximum Gasteiger partial charge on any atom is 0.222 e. The number of methoxy groups -OCH3 is 1. The quantitative estimate of drug-likeness (QED) is 0.780. The minimum absolute atomic E-state index is 0.320. The van der Waals surface area contributed by atoms with Crippen LogP contribution in [0.4, 0.5) is 11.8 Å². The summed E-state index contributed by atoms with van der Waals surface area (Å²) in [4.78, 5) is 10.3. The number of likely N-dealkylation sites (N-methyl/N-ethyl adjacent to an activating group) is 1. The molecule has 0 fully saturated rings. The summed E-state index contributed by atoms with van der Waals surface area (Å²) in [6, 6.07) is 1.93. The molecule has 0 saturated heterocycles. The van der Waals surface area contributed by atoms with Gasteiger partial charge in [0.25, 0.3) is 0 Å². The van der Waals surface area contributed by atoms with Gasteiger partial charge < -0.3 is 15.4 Å². The number of nitrogen functional groups attached to an aromatic ring is 1. The second-order valence-electron chi connectivity index (χ2n) is 3.30. The van der Waals surface area contributed by atoms with Gasteiger partial charge in [0, 0.05) is 32.0 Å². The predicted molar refractivity (Wildman–Crippen MR) is 60.9 cm³/mol. The molecule has 1 rings (SSSR count). The molecule has 0 radical (unpaired) electrons. The van der Waals surface area contributed by atoms with E-state index in [1.807, 2.05) is 13.0 Å². The second kappa shape index (κ2) is 5.50. The van der Waals surface area contributed by atoms with E-state index in [-0.39, 0.29) is 0 Å². The second-order valence-corrected chi connectivity index (χ2v) is 3.30. The molecule has 84 valence electrons. The fourth-order valence-corrected chi connectivity index (χ4v) is 1.37. The minimum atomic E-state index is 0.320. The maximum atomic E-state index is 5.60. The highest BCUT2D eigenvalue weighted by atomic mass is 16.5. The van der Waals surface area contributed by atoms with Crippen LogP contribution in [0.5, 0.6) is 0 Å². The van der Waals surface area contributed by atoms with Crippen LogP contribution >= 0.6 is 0 Å². The van der Waals surface area contributed by atoms with E-state index in [1.54, 1.807) is 7.11 Å². The van der Waals surface area contributed by atoms with Crippen molar-refractivity contribution in [3.8, 4) is 0 Å². The third-order valence-electron chi connectivity index (χ3n) is 2.13. The SMILES string of the molecule is CCN(CCOC)c1cc(C)nc(N)n1. The van der Waals surface area contributed by atoms with Gasteiger partial charge in [-0.1, -0.05) is 0 Å². The Morgan fingerprint density at radius 3 is 2.73 bits per heavy atom. The van der Waals surface area contributed by atoms with Crippen LogP contribution in [0.2, 0.25) is 0 Å². The van der Waals surface area contributed by atoms with Crippen molar-refractivity contribution in [2.75, 3.05) is 37.4 Å². The van der Waals surface area contributed by atoms with Crippen LogP contribution in [0.25, 0.3) is 0 Å². The van der Waals surface area contributed by atoms with Crippen molar-refractivity contribution in [3.63, 3.8) is 0 Å². The standard InChI is InChI=1S/C10H18N4O/c1-4-14(5-6-15-3)9-7-8(2)12-10(11)13-9/h7H,4-6H2,1-3H3,(H2,11,12,13). The first-order valence-electron chi connectivity index (χ1n) is 5.02. The van der Waals surface area contributed by atoms with E-state index >= 15 is 0 Å². The summed E-state index contributed by atoms with van der Waals surface area (Å²) in [5.74, 6) is 1.18. The molecule has 2 N–H and O–H groups in total. The van der Waals surface area contributed by atoms with Crippen LogP contribution in [0, 0.1) is 6.92 Å². The molecule has 1 aromatic rings. The maximum absolute atomic E-state index is 5.60. The molecule has 5 heteroatoms. The number of nitrogens with zero attached hydrogens (tertiary/aromatic N) is 3. The van der Waals surface area contributed by atoms with Gasteiger partial charge in [-0.05, 0) is 13.8 Å². The molecule has 0 unspecified atom stereocenters. The first-order chi connectivity index (χ1) is 7.17. The van der Waals surface area contributed by atoms with E-state index in [4.69, 9.17) is 10.5 Å². The number of aromatic nitrogens is 2. The van der Waals surface area contributed by atoms with Gasteiger partial charge in [0.1, 0.15) is 5.82 Å². The van der Waals surface area contributed by atoms with E-state index in [0.29, 0.717) is 12.6 Å². The molecule has 1 heterocycles. The van der Waals surface area contributed by atoms with Gasteiger partial charge in [-0.15, -0.1) is 0 Å². The zero-order chi connectivity index (χ0) is 11.3. The summed E-state index contributed by atoms with van der Waals surface area (Å²) in [6.45, 7) is 6.34. The number of hydrogen-bond acceptors (Lipinski definition) is 5. The molecule has 0 aliphatic heterocycles. The molecule has 0 saturated carbocycles. The summed E-state index contributed by atoms with van der Waals surface area (Å²) in [5, 5.41) is 0. The number of ether oxygens (including phenoxy) is 1. The van der Waals surface area contributed by atoms with Gasteiger partial charge >= 0.3 is 0 Å². The van der Waals surface area contributed by atoms with Gasteiger partial charge in [-0.3, -0.25) is 0 Å². The average Bonchev–Trinajstić information content (AvgIpc) is 2.17. The van der Waals surface area contributed by atoms with Gasteiger partial charge in [-0.25, -0.2) is 4.98 Å². The van der Waals surface area contributed by atoms with Crippen LogP contribution < -0.4 is 10.6 Å². The number of anilines is 2. The van der Waals surface area contributed by atoms with Gasteiger partial charge in [-0.2, -0.15) is 4.98 Å². The van der Waals surface area contributed by atoms with Gasteiger partial charge in [0.15, 0.2) is 0 Å². The van der Waals surface area contributed by atoms with Crippen molar-refractivity contribution in [1.29, 1.82) is 0 Å². The van der Waals surface area contributed by atoms with E-state index in [0.717, 1.165) is 24.6 Å². The summed E-state index contributed by atoms with van der Waals surface area (Å²) in [6.07, 6.45) is 0. The Morgan fingerprint density at radius 1 is 1.47 bits per heavy atom. The molecular weight excluding hydrogens is 192 g/mol. The number of hydrogen-bond donors (Lipinski definition) is 1. The average molecular weight is 210 g/mol. The van der Waals surface area contributed by atoms with E-state index in [2.05, 4.69) is 21.8 Å². The summed E-state index contributed by atoms with van der Waals surface area (Å²) >= 11 is 0. The normalized spacial score (nSPS) is 10.3. The Morgan fingerprint density at radius 2 is 2.20 bits per heavy atom. The Bertz CT molecular complexity index is 296. The number of aryl methyl sites for hydroxylation is 1. The van der Waals surface area contributed by atoms with Crippen LogP contribution in [0.1, 0.15) is 12.6 Å². The molecule has 0 atom stereocenters. The van der Waals surface area contributed by atoms with Gasteiger partial charge in [0.2, 0.25) is 5.95 Å². The van der Waals surface area contributed by atoms with E-state index < -0.39 is 0 Å². The highest BCUT2D eigenvalue weighted by Crippen LogP contribution is 2.12. The van der Waals surface area contributed by atoms with Crippen molar-refractivity contribution in [1.82, 2.24) is 9.97 Å². The highest BCUT2D eigenvalue weighted by Gasteiger charge is 2.07. The Kier molecular flexibility index (Phi) is 4.30. The Balaban J connectivity index is 2.81. The molecule has 0 aliphatic carbocycles. The van der Waals surface area contributed by atoms with Crippen molar-refractivity contribution in [3.05, 3.63) is 11.8 Å². The third-order valence-corrected chi connectivity index (χ3v) is 2.13. The minimum Gasteiger partial charge on any atom is -0.383 e. The lowest BCUT2D eigenvalue weighted by atomic mass is 10.4. The molecule has 0 amide bonds. The van der Waals surface area contributed by atoms with Crippen LogP contribution in [0.3, 0.4) is 0 Å². The summed E-state index contributed by atoms with van der Waals surface area (Å²) < 4.78 is 5.04. The first kappa shape index (κ1) is 11.7. The lowest BCUT2D eigenvalue weighted by Gasteiger charge is -2.21. The number of nitrogens with two attached hydrogens (primary N) is 1.